The highest BCUT2D eigenvalue weighted by molar-refractivity contribution is 6.18. The number of carbonyl (C=O) groups is 2. The van der Waals surface area contributed by atoms with Gasteiger partial charge in [-0.05, 0) is 26.3 Å². The number of aliphatic hydroxyl groups excluding tert-OH is 4. The van der Waals surface area contributed by atoms with E-state index in [2.05, 4.69) is 0 Å². The number of benzene rings is 1. The van der Waals surface area contributed by atoms with Gasteiger partial charge in [0.05, 0.1) is 30.3 Å². The van der Waals surface area contributed by atoms with Gasteiger partial charge in [0.25, 0.3) is 0 Å². The predicted octanol–water partition coefficient (Wildman–Crippen LogP) is -0.620. The van der Waals surface area contributed by atoms with Gasteiger partial charge in [-0.3, -0.25) is 9.59 Å². The summed E-state index contributed by atoms with van der Waals surface area (Å²) in [5, 5.41) is 49.7. The van der Waals surface area contributed by atoms with Gasteiger partial charge in [0.1, 0.15) is 35.9 Å². The van der Waals surface area contributed by atoms with Crippen molar-refractivity contribution in [1.29, 1.82) is 0 Å². The Labute approximate surface area is 178 Å². The van der Waals surface area contributed by atoms with E-state index in [9.17, 15) is 35.1 Å². The first-order valence-electron chi connectivity index (χ1n) is 10.2. The van der Waals surface area contributed by atoms with E-state index >= 15 is 0 Å². The van der Waals surface area contributed by atoms with Crippen LogP contribution in [0.2, 0.25) is 0 Å². The molecule has 1 aromatic rings. The SMILES string of the molecule is C[C@@H]1CC2C(=O)c3cc(O)cc(O[C@@H]4O[C@H](CO)[C@@H](O)[C@H](O)[C@H]4O)c3C(=O)C2[C@@H](C)O1. The normalized spacial score (nSPS) is 40.3. The van der Waals surface area contributed by atoms with Crippen LogP contribution in [0, 0.1) is 11.8 Å². The number of Topliss-reactive ketones (excluding diaryl/α,β-unsaturated/α-hetero) is 2. The molecule has 1 aliphatic carbocycles. The van der Waals surface area contributed by atoms with Crippen molar-refractivity contribution in [3.8, 4) is 11.5 Å². The first-order chi connectivity index (χ1) is 14.6. The van der Waals surface area contributed by atoms with Crippen LogP contribution in [0.15, 0.2) is 12.1 Å². The maximum Gasteiger partial charge on any atom is 0.229 e. The molecule has 0 amide bonds. The number of aromatic hydroxyl groups is 1. The Balaban J connectivity index is 1.73. The summed E-state index contributed by atoms with van der Waals surface area (Å²) in [7, 11) is 0. The second kappa shape index (κ2) is 8.12. The summed E-state index contributed by atoms with van der Waals surface area (Å²) in [5.74, 6) is -2.54. The van der Waals surface area contributed by atoms with Gasteiger partial charge in [0.2, 0.25) is 6.29 Å². The largest absolute Gasteiger partial charge is 0.508 e. The highest BCUT2D eigenvalue weighted by atomic mass is 16.7. The first kappa shape index (κ1) is 22.1. The van der Waals surface area contributed by atoms with Gasteiger partial charge < -0.3 is 39.7 Å². The number of aliphatic hydroxyl groups is 4. The zero-order valence-corrected chi connectivity index (χ0v) is 17.0. The van der Waals surface area contributed by atoms with E-state index in [4.69, 9.17) is 14.2 Å². The molecular formula is C21H26O10. The van der Waals surface area contributed by atoms with E-state index in [1.807, 2.05) is 6.92 Å². The van der Waals surface area contributed by atoms with Gasteiger partial charge >= 0.3 is 0 Å². The van der Waals surface area contributed by atoms with Crippen LogP contribution in [0.5, 0.6) is 11.5 Å². The van der Waals surface area contributed by atoms with Crippen molar-refractivity contribution in [3.05, 3.63) is 23.3 Å². The summed E-state index contributed by atoms with van der Waals surface area (Å²) in [6, 6.07) is 2.32. The fourth-order valence-electron chi connectivity index (χ4n) is 4.80. The Morgan fingerprint density at radius 1 is 1.03 bits per heavy atom. The molecule has 9 atom stereocenters. The summed E-state index contributed by atoms with van der Waals surface area (Å²) in [6.45, 7) is 2.90. The summed E-state index contributed by atoms with van der Waals surface area (Å²) >= 11 is 0. The molecule has 0 spiro atoms. The van der Waals surface area contributed by atoms with Crippen molar-refractivity contribution in [3.63, 3.8) is 0 Å². The number of rotatable bonds is 3. The van der Waals surface area contributed by atoms with Gasteiger partial charge in [-0.25, -0.2) is 0 Å². The fourth-order valence-corrected chi connectivity index (χ4v) is 4.80. The van der Waals surface area contributed by atoms with E-state index in [-0.39, 0.29) is 34.5 Å². The van der Waals surface area contributed by atoms with Crippen molar-refractivity contribution < 1.29 is 49.3 Å². The summed E-state index contributed by atoms with van der Waals surface area (Å²) in [5.41, 5.74) is -0.0573. The van der Waals surface area contributed by atoms with E-state index in [0.717, 1.165) is 6.07 Å². The standard InChI is InChI=1S/C21H26O10/c1-7-3-10-14(8(2)29-7)18(26)15-11(16(10)24)4-9(23)5-12(15)30-21-20(28)19(27)17(25)13(6-22)31-21/h4-5,7-8,10,13-14,17,19-23,25,27-28H,3,6H2,1-2H3/t7-,8-,10?,13-,14?,17-,19+,20-,21-/m1/s1. The minimum absolute atomic E-state index is 0.00661. The lowest BCUT2D eigenvalue weighted by molar-refractivity contribution is -0.277. The van der Waals surface area contributed by atoms with Crippen LogP contribution >= 0.6 is 0 Å². The van der Waals surface area contributed by atoms with Gasteiger partial charge in [-0.2, -0.15) is 0 Å². The quantitative estimate of drug-likeness (QED) is 0.411. The highest BCUT2D eigenvalue weighted by Gasteiger charge is 2.50. The van der Waals surface area contributed by atoms with Crippen LogP contribution in [0.3, 0.4) is 0 Å². The first-order valence-corrected chi connectivity index (χ1v) is 10.2. The summed E-state index contributed by atoms with van der Waals surface area (Å²) < 4.78 is 16.7. The summed E-state index contributed by atoms with van der Waals surface area (Å²) in [6.07, 6.45) is -8.09. The van der Waals surface area contributed by atoms with Crippen LogP contribution in [0.1, 0.15) is 41.0 Å². The molecule has 0 aromatic heterocycles. The lowest BCUT2D eigenvalue weighted by atomic mass is 9.68. The average Bonchev–Trinajstić information content (AvgIpc) is 2.71. The number of hydrogen-bond acceptors (Lipinski definition) is 10. The van der Waals surface area contributed by atoms with Crippen molar-refractivity contribution >= 4 is 11.6 Å². The average molecular weight is 438 g/mol. The molecule has 2 aliphatic heterocycles. The molecular weight excluding hydrogens is 412 g/mol. The number of phenols is 1. The van der Waals surface area contributed by atoms with Crippen LogP contribution in [-0.4, -0.2) is 86.6 Å². The Bertz CT molecular complexity index is 883. The summed E-state index contributed by atoms with van der Waals surface area (Å²) in [4.78, 5) is 26.6. The van der Waals surface area contributed by atoms with Crippen molar-refractivity contribution in [2.75, 3.05) is 6.61 Å². The Morgan fingerprint density at radius 2 is 1.74 bits per heavy atom. The molecule has 10 heteroatoms. The number of ether oxygens (including phenoxy) is 3. The van der Waals surface area contributed by atoms with Crippen LogP contribution in [0.25, 0.3) is 0 Å². The van der Waals surface area contributed by atoms with E-state index < -0.39 is 61.0 Å². The number of fused-ring (bicyclic) bond motifs is 2. The third-order valence-corrected chi connectivity index (χ3v) is 6.30. The highest BCUT2D eigenvalue weighted by Crippen LogP contribution is 2.44. The van der Waals surface area contributed by atoms with Gasteiger partial charge in [-0.15, -0.1) is 0 Å². The van der Waals surface area contributed by atoms with E-state index in [0.29, 0.717) is 6.42 Å². The van der Waals surface area contributed by atoms with Gasteiger partial charge in [0, 0.05) is 17.5 Å². The monoisotopic (exact) mass is 438 g/mol. The molecule has 170 valence electrons. The molecule has 2 heterocycles. The van der Waals surface area contributed by atoms with Crippen LogP contribution in [0.4, 0.5) is 0 Å². The molecule has 1 aromatic carbocycles. The van der Waals surface area contributed by atoms with Crippen molar-refractivity contribution in [2.24, 2.45) is 11.8 Å². The number of ketones is 2. The number of carbonyl (C=O) groups excluding carboxylic acids is 2. The molecule has 4 rings (SSSR count). The Hall–Kier alpha value is -2.08. The molecule has 0 radical (unpaired) electrons. The second-order valence-corrected chi connectivity index (χ2v) is 8.43. The smallest absolute Gasteiger partial charge is 0.229 e. The van der Waals surface area contributed by atoms with Crippen LogP contribution in [-0.2, 0) is 9.47 Å². The second-order valence-electron chi connectivity index (χ2n) is 8.43. The van der Waals surface area contributed by atoms with Crippen molar-refractivity contribution in [1.82, 2.24) is 0 Å². The molecule has 2 fully saturated rings. The Kier molecular flexibility index (Phi) is 5.80. The van der Waals surface area contributed by atoms with E-state index in [1.165, 1.54) is 6.07 Å². The molecule has 0 bridgehead atoms. The lowest BCUT2D eigenvalue weighted by Gasteiger charge is -2.42. The predicted molar refractivity (Wildman–Crippen MR) is 103 cm³/mol. The molecule has 2 unspecified atom stereocenters. The molecule has 2 saturated heterocycles. The van der Waals surface area contributed by atoms with Crippen molar-refractivity contribution in [2.45, 2.75) is 63.2 Å². The topological polar surface area (TPSA) is 163 Å². The van der Waals surface area contributed by atoms with E-state index in [1.54, 1.807) is 6.92 Å². The zero-order valence-electron chi connectivity index (χ0n) is 17.0. The minimum Gasteiger partial charge on any atom is -0.508 e. The number of phenolic OH excluding ortho intramolecular Hbond substituents is 1. The zero-order chi connectivity index (χ0) is 22.6. The maximum absolute atomic E-state index is 13.4. The third kappa shape index (κ3) is 3.63. The lowest BCUT2D eigenvalue weighted by Crippen LogP contribution is -2.60. The van der Waals surface area contributed by atoms with Crippen LogP contribution < -0.4 is 4.74 Å². The van der Waals surface area contributed by atoms with Gasteiger partial charge in [-0.1, -0.05) is 0 Å². The molecule has 31 heavy (non-hydrogen) atoms. The Morgan fingerprint density at radius 3 is 2.42 bits per heavy atom. The fraction of sp³-hybridized carbons (Fsp3) is 0.619. The molecule has 10 nitrogen and oxygen atoms in total. The third-order valence-electron chi connectivity index (χ3n) is 6.30. The van der Waals surface area contributed by atoms with Gasteiger partial charge in [0.15, 0.2) is 11.6 Å². The molecule has 3 aliphatic rings. The maximum atomic E-state index is 13.4. The number of hydrogen-bond donors (Lipinski definition) is 5. The minimum atomic E-state index is -1.71. The molecule has 5 N–H and O–H groups in total. The molecule has 0 saturated carbocycles.